The fraction of sp³-hybridized carbons (Fsp3) is 0.625. The molecule has 0 amide bonds. The third-order valence-electron chi connectivity index (χ3n) is 4.19. The summed E-state index contributed by atoms with van der Waals surface area (Å²) in [5, 5.41) is 0.509. The van der Waals surface area contributed by atoms with Gasteiger partial charge in [-0.1, -0.05) is 13.0 Å². The first-order chi connectivity index (χ1) is 9.69. The fourth-order valence-electron chi connectivity index (χ4n) is 2.65. The first-order valence-corrected chi connectivity index (χ1v) is 8.66. The predicted octanol–water partition coefficient (Wildman–Crippen LogP) is 3.26. The van der Waals surface area contributed by atoms with E-state index in [9.17, 15) is 0 Å². The maximum absolute atomic E-state index is 5.62. The van der Waals surface area contributed by atoms with Crippen molar-refractivity contribution in [2.45, 2.75) is 19.1 Å². The van der Waals surface area contributed by atoms with E-state index in [2.05, 4.69) is 48.1 Å². The first kappa shape index (κ1) is 15.5. The molecule has 3 nitrogen and oxygen atoms in total. The topological polar surface area (TPSA) is 15.7 Å². The number of likely N-dealkylation sites (N-methyl/N-ethyl adjacent to an activating group) is 1. The largest absolute Gasteiger partial charge is 0.495 e. The maximum atomic E-state index is 5.62. The molecule has 112 valence electrons. The molecule has 0 aromatic heterocycles. The second-order valence-electron chi connectivity index (χ2n) is 5.23. The molecule has 1 aliphatic heterocycles. The Morgan fingerprint density at radius 2 is 1.95 bits per heavy atom. The molecular formula is C16H26N2OS. The molecule has 0 spiro atoms. The normalized spacial score (nSPS) is 18.1. The molecule has 0 saturated carbocycles. The molecule has 1 heterocycles. The molecule has 0 aliphatic carbocycles. The summed E-state index contributed by atoms with van der Waals surface area (Å²) < 4.78 is 5.62. The van der Waals surface area contributed by atoms with E-state index >= 15 is 0 Å². The molecule has 1 saturated heterocycles. The molecule has 20 heavy (non-hydrogen) atoms. The average molecular weight is 294 g/mol. The predicted molar refractivity (Wildman–Crippen MR) is 89.3 cm³/mol. The highest BCUT2D eigenvalue weighted by atomic mass is 32.2. The highest BCUT2D eigenvalue weighted by Crippen LogP contribution is 2.35. The monoisotopic (exact) mass is 294 g/mol. The summed E-state index contributed by atoms with van der Waals surface area (Å²) in [6.07, 6.45) is 2.15. The number of hydrogen-bond donors (Lipinski definition) is 0. The minimum Gasteiger partial charge on any atom is -0.495 e. The standard InChI is InChI=1S/C16H26N2OS/c1-5-17-8-10-18(11-9-17)15-7-6-14(13(2)20-4)12-16(15)19-3/h6-7,12-13H,5,8-11H2,1-4H3. The van der Waals surface area contributed by atoms with Gasteiger partial charge in [-0.2, -0.15) is 11.8 Å². The number of hydrogen-bond acceptors (Lipinski definition) is 4. The number of piperazine rings is 1. The van der Waals surface area contributed by atoms with Crippen molar-refractivity contribution in [3.63, 3.8) is 0 Å². The Morgan fingerprint density at radius 3 is 2.50 bits per heavy atom. The summed E-state index contributed by atoms with van der Waals surface area (Å²) in [7, 11) is 1.77. The van der Waals surface area contributed by atoms with E-state index in [4.69, 9.17) is 4.74 Å². The summed E-state index contributed by atoms with van der Waals surface area (Å²) in [4.78, 5) is 4.94. The van der Waals surface area contributed by atoms with Gasteiger partial charge in [0.15, 0.2) is 0 Å². The maximum Gasteiger partial charge on any atom is 0.142 e. The Morgan fingerprint density at radius 1 is 1.25 bits per heavy atom. The van der Waals surface area contributed by atoms with Gasteiger partial charge in [0.2, 0.25) is 0 Å². The van der Waals surface area contributed by atoms with Gasteiger partial charge in [0, 0.05) is 31.4 Å². The molecule has 1 atom stereocenters. The third kappa shape index (κ3) is 3.41. The van der Waals surface area contributed by atoms with Crippen molar-refractivity contribution < 1.29 is 4.74 Å². The van der Waals surface area contributed by atoms with E-state index in [0.717, 1.165) is 38.5 Å². The molecule has 0 radical (unpaired) electrons. The van der Waals surface area contributed by atoms with Crippen LogP contribution in [0.15, 0.2) is 18.2 Å². The van der Waals surface area contributed by atoms with Gasteiger partial charge in [0.05, 0.1) is 12.8 Å². The zero-order valence-electron chi connectivity index (χ0n) is 13.1. The zero-order chi connectivity index (χ0) is 14.5. The SMILES string of the molecule is CCN1CCN(c2ccc(C(C)SC)cc2OC)CC1. The average Bonchev–Trinajstić information content (AvgIpc) is 2.53. The first-order valence-electron chi connectivity index (χ1n) is 7.37. The number of nitrogens with zero attached hydrogens (tertiary/aromatic N) is 2. The van der Waals surface area contributed by atoms with Crippen LogP contribution in [0.4, 0.5) is 5.69 Å². The number of ether oxygens (including phenoxy) is 1. The van der Waals surface area contributed by atoms with Crippen molar-refractivity contribution in [1.82, 2.24) is 4.90 Å². The van der Waals surface area contributed by atoms with Crippen LogP contribution in [0.3, 0.4) is 0 Å². The Bertz CT molecular complexity index is 430. The van der Waals surface area contributed by atoms with E-state index in [0.29, 0.717) is 5.25 Å². The van der Waals surface area contributed by atoms with Gasteiger partial charge in [-0.15, -0.1) is 0 Å². The van der Waals surface area contributed by atoms with E-state index in [1.54, 1.807) is 7.11 Å². The molecular weight excluding hydrogens is 268 g/mol. The van der Waals surface area contributed by atoms with Crippen LogP contribution in [0.5, 0.6) is 5.75 Å². The second kappa shape index (κ2) is 7.23. The minimum atomic E-state index is 0.509. The minimum absolute atomic E-state index is 0.509. The highest BCUT2D eigenvalue weighted by Gasteiger charge is 2.19. The lowest BCUT2D eigenvalue weighted by atomic mass is 10.1. The number of methoxy groups -OCH3 is 1. The molecule has 1 aliphatic rings. The molecule has 0 bridgehead atoms. The Balaban J connectivity index is 2.15. The Hall–Kier alpha value is -0.870. The summed E-state index contributed by atoms with van der Waals surface area (Å²) in [5.74, 6) is 1.01. The molecule has 1 aromatic carbocycles. The molecule has 0 N–H and O–H groups in total. The van der Waals surface area contributed by atoms with Crippen LogP contribution < -0.4 is 9.64 Å². The van der Waals surface area contributed by atoms with E-state index in [1.165, 1.54) is 11.3 Å². The summed E-state index contributed by atoms with van der Waals surface area (Å²) in [6.45, 7) is 10.1. The number of benzene rings is 1. The molecule has 4 heteroatoms. The van der Waals surface area contributed by atoms with E-state index in [1.807, 2.05) is 11.8 Å². The van der Waals surface area contributed by atoms with Crippen molar-refractivity contribution in [2.75, 3.05) is 51.0 Å². The lowest BCUT2D eigenvalue weighted by molar-refractivity contribution is 0.270. The van der Waals surface area contributed by atoms with Crippen LogP contribution in [0.1, 0.15) is 24.7 Å². The van der Waals surface area contributed by atoms with Crippen molar-refractivity contribution in [3.05, 3.63) is 23.8 Å². The molecule has 1 aromatic rings. The van der Waals surface area contributed by atoms with Crippen LogP contribution in [-0.4, -0.2) is 51.0 Å². The molecule has 2 rings (SSSR count). The lowest BCUT2D eigenvalue weighted by Crippen LogP contribution is -2.46. The van der Waals surface area contributed by atoms with Gasteiger partial charge in [-0.3, -0.25) is 0 Å². The van der Waals surface area contributed by atoms with Crippen LogP contribution in [-0.2, 0) is 0 Å². The second-order valence-corrected chi connectivity index (χ2v) is 6.41. The van der Waals surface area contributed by atoms with E-state index < -0.39 is 0 Å². The lowest BCUT2D eigenvalue weighted by Gasteiger charge is -2.36. The van der Waals surface area contributed by atoms with Crippen molar-refractivity contribution in [1.29, 1.82) is 0 Å². The zero-order valence-corrected chi connectivity index (χ0v) is 13.9. The number of thioether (sulfide) groups is 1. The molecule has 1 unspecified atom stereocenters. The Labute approximate surface area is 127 Å². The van der Waals surface area contributed by atoms with Crippen LogP contribution >= 0.6 is 11.8 Å². The molecule has 1 fully saturated rings. The third-order valence-corrected chi connectivity index (χ3v) is 5.17. The van der Waals surface area contributed by atoms with Gasteiger partial charge in [0.25, 0.3) is 0 Å². The summed E-state index contributed by atoms with van der Waals surface area (Å²) >= 11 is 1.87. The van der Waals surface area contributed by atoms with Crippen molar-refractivity contribution in [3.8, 4) is 5.75 Å². The quantitative estimate of drug-likeness (QED) is 0.828. The number of rotatable bonds is 5. The van der Waals surface area contributed by atoms with Crippen molar-refractivity contribution in [2.24, 2.45) is 0 Å². The van der Waals surface area contributed by atoms with Gasteiger partial charge in [-0.25, -0.2) is 0 Å². The van der Waals surface area contributed by atoms with Crippen molar-refractivity contribution >= 4 is 17.4 Å². The van der Waals surface area contributed by atoms with Crippen LogP contribution in [0, 0.1) is 0 Å². The van der Waals surface area contributed by atoms with Gasteiger partial charge in [0.1, 0.15) is 5.75 Å². The van der Waals surface area contributed by atoms with Crippen LogP contribution in [0.2, 0.25) is 0 Å². The summed E-state index contributed by atoms with van der Waals surface area (Å²) in [6, 6.07) is 6.66. The fourth-order valence-corrected chi connectivity index (χ4v) is 3.07. The van der Waals surface area contributed by atoms with E-state index in [-0.39, 0.29) is 0 Å². The number of anilines is 1. The summed E-state index contributed by atoms with van der Waals surface area (Å²) in [5.41, 5.74) is 2.57. The van der Waals surface area contributed by atoms with Gasteiger partial charge in [-0.05, 0) is 37.4 Å². The Kier molecular flexibility index (Phi) is 5.61. The van der Waals surface area contributed by atoms with Crippen LogP contribution in [0.25, 0.3) is 0 Å². The highest BCUT2D eigenvalue weighted by molar-refractivity contribution is 7.98. The van der Waals surface area contributed by atoms with Gasteiger partial charge >= 0.3 is 0 Å². The van der Waals surface area contributed by atoms with Gasteiger partial charge < -0.3 is 14.5 Å². The smallest absolute Gasteiger partial charge is 0.142 e.